The topological polar surface area (TPSA) is 70.1 Å². The second-order valence-electron chi connectivity index (χ2n) is 8.04. The summed E-state index contributed by atoms with van der Waals surface area (Å²) in [5.41, 5.74) is 0.951. The fraction of sp³-hybridized carbons (Fsp3) is 0.478. The van der Waals surface area contributed by atoms with Gasteiger partial charge in [-0.1, -0.05) is 36.7 Å². The molecule has 0 aliphatic carbocycles. The van der Waals surface area contributed by atoms with Crippen LogP contribution in [0.1, 0.15) is 19.4 Å². The summed E-state index contributed by atoms with van der Waals surface area (Å²) in [5, 5.41) is 10.4. The number of sulfonamides is 1. The summed E-state index contributed by atoms with van der Waals surface area (Å²) >= 11 is 6.32. The van der Waals surface area contributed by atoms with E-state index in [4.69, 9.17) is 16.3 Å². The van der Waals surface area contributed by atoms with Crippen LogP contribution in [0.2, 0.25) is 5.02 Å². The second-order valence-corrected chi connectivity index (χ2v) is 10.5. The number of hydrogen-bond donors (Lipinski definition) is 1. The van der Waals surface area contributed by atoms with Crippen LogP contribution < -0.4 is 0 Å². The zero-order valence-electron chi connectivity index (χ0n) is 18.9. The van der Waals surface area contributed by atoms with Gasteiger partial charge in [0.25, 0.3) is 0 Å². The van der Waals surface area contributed by atoms with Gasteiger partial charge in [0.05, 0.1) is 17.6 Å². The first-order valence-corrected chi connectivity index (χ1v) is 12.2. The van der Waals surface area contributed by atoms with E-state index in [1.165, 1.54) is 23.5 Å². The SMILES string of the molecule is CO[C@H](CN(C)S(=O)(=O)c1ccc(F)cc1)[C@H](C)CN(Cc1ccccc1Cl)[C@@H](C)CO. The van der Waals surface area contributed by atoms with Gasteiger partial charge in [0.2, 0.25) is 10.0 Å². The van der Waals surface area contributed by atoms with Gasteiger partial charge in [0.15, 0.2) is 0 Å². The molecule has 0 unspecified atom stereocenters. The van der Waals surface area contributed by atoms with Crippen molar-refractivity contribution in [2.24, 2.45) is 5.92 Å². The molecular formula is C23H32ClFN2O4S. The Morgan fingerprint density at radius 1 is 1.09 bits per heavy atom. The lowest BCUT2D eigenvalue weighted by Gasteiger charge is -2.34. The second kappa shape index (κ2) is 12.1. The third-order valence-corrected chi connectivity index (χ3v) is 7.84. The Morgan fingerprint density at radius 3 is 2.28 bits per heavy atom. The van der Waals surface area contributed by atoms with E-state index in [0.717, 1.165) is 17.7 Å². The van der Waals surface area contributed by atoms with Crippen molar-refractivity contribution in [1.29, 1.82) is 0 Å². The molecule has 32 heavy (non-hydrogen) atoms. The van der Waals surface area contributed by atoms with Crippen molar-refractivity contribution in [3.63, 3.8) is 0 Å². The summed E-state index contributed by atoms with van der Waals surface area (Å²) in [5.74, 6) is -0.547. The number of hydrogen-bond acceptors (Lipinski definition) is 5. The van der Waals surface area contributed by atoms with Gasteiger partial charge in [0.1, 0.15) is 5.82 Å². The normalized spacial score (nSPS) is 15.2. The van der Waals surface area contributed by atoms with Crippen molar-refractivity contribution >= 4 is 21.6 Å². The molecule has 2 rings (SSSR count). The van der Waals surface area contributed by atoms with E-state index in [1.54, 1.807) is 7.11 Å². The quantitative estimate of drug-likeness (QED) is 0.496. The minimum atomic E-state index is -3.78. The van der Waals surface area contributed by atoms with Gasteiger partial charge in [-0.05, 0) is 48.7 Å². The molecule has 0 bridgehead atoms. The standard InChI is InChI=1S/C23H32ClFN2O4S/c1-17(13-27(18(2)16-28)14-19-7-5-6-8-22(19)24)23(31-4)15-26(3)32(29,30)21-11-9-20(25)10-12-21/h5-12,17-18,23,28H,13-16H2,1-4H3/t17-,18+,23-/m1/s1. The fourth-order valence-corrected chi connectivity index (χ4v) is 4.85. The smallest absolute Gasteiger partial charge is 0.242 e. The first kappa shape index (κ1) is 26.7. The number of benzene rings is 2. The number of ether oxygens (including phenoxy) is 1. The number of likely N-dealkylation sites (N-methyl/N-ethyl adjacent to an activating group) is 1. The van der Waals surface area contributed by atoms with Crippen LogP contribution in [0.5, 0.6) is 0 Å². The molecule has 0 saturated heterocycles. The molecule has 1 N–H and O–H groups in total. The predicted molar refractivity (Wildman–Crippen MR) is 125 cm³/mol. The summed E-state index contributed by atoms with van der Waals surface area (Å²) in [6, 6.07) is 12.2. The highest BCUT2D eigenvalue weighted by atomic mass is 35.5. The third kappa shape index (κ3) is 6.97. The van der Waals surface area contributed by atoms with E-state index in [9.17, 15) is 17.9 Å². The Bertz CT molecular complexity index is 959. The van der Waals surface area contributed by atoms with Crippen molar-refractivity contribution in [3.05, 3.63) is 64.9 Å². The molecule has 0 spiro atoms. The lowest BCUT2D eigenvalue weighted by atomic mass is 10.0. The summed E-state index contributed by atoms with van der Waals surface area (Å²) in [4.78, 5) is 2.13. The molecule has 9 heteroatoms. The van der Waals surface area contributed by atoms with E-state index in [0.29, 0.717) is 18.1 Å². The molecule has 0 fully saturated rings. The molecule has 0 amide bonds. The molecule has 0 aliphatic rings. The van der Waals surface area contributed by atoms with Gasteiger partial charge in [0, 0.05) is 44.9 Å². The van der Waals surface area contributed by atoms with Crippen LogP contribution >= 0.6 is 11.6 Å². The highest BCUT2D eigenvalue weighted by Gasteiger charge is 2.28. The molecular weight excluding hydrogens is 455 g/mol. The zero-order valence-corrected chi connectivity index (χ0v) is 20.5. The molecule has 2 aromatic rings. The van der Waals surface area contributed by atoms with Crippen LogP contribution in [0.25, 0.3) is 0 Å². The first-order chi connectivity index (χ1) is 15.1. The third-order valence-electron chi connectivity index (χ3n) is 5.64. The lowest BCUT2D eigenvalue weighted by Crippen LogP contribution is -2.44. The molecule has 0 radical (unpaired) electrons. The molecule has 0 heterocycles. The monoisotopic (exact) mass is 486 g/mol. The molecule has 6 nitrogen and oxygen atoms in total. The average molecular weight is 487 g/mol. The molecule has 3 atom stereocenters. The van der Waals surface area contributed by atoms with E-state index >= 15 is 0 Å². The van der Waals surface area contributed by atoms with Crippen LogP contribution in [0.3, 0.4) is 0 Å². The van der Waals surface area contributed by atoms with E-state index < -0.39 is 21.9 Å². The minimum Gasteiger partial charge on any atom is -0.395 e. The lowest BCUT2D eigenvalue weighted by molar-refractivity contribution is 0.0194. The number of methoxy groups -OCH3 is 1. The van der Waals surface area contributed by atoms with Crippen molar-refractivity contribution in [3.8, 4) is 0 Å². The maximum absolute atomic E-state index is 13.2. The predicted octanol–water partition coefficient (Wildman–Crippen LogP) is 3.63. The van der Waals surface area contributed by atoms with Gasteiger partial charge in [-0.25, -0.2) is 12.8 Å². The maximum atomic E-state index is 13.2. The Hall–Kier alpha value is -1.55. The van der Waals surface area contributed by atoms with Gasteiger partial charge in [-0.15, -0.1) is 0 Å². The average Bonchev–Trinajstić information content (AvgIpc) is 2.77. The van der Waals surface area contributed by atoms with Crippen LogP contribution in [-0.4, -0.2) is 68.7 Å². The summed E-state index contributed by atoms with van der Waals surface area (Å²) in [6.45, 7) is 5.13. The molecule has 178 valence electrons. The van der Waals surface area contributed by atoms with Crippen molar-refractivity contribution < 1.29 is 22.7 Å². The first-order valence-electron chi connectivity index (χ1n) is 10.4. The van der Waals surface area contributed by atoms with E-state index in [-0.39, 0.29) is 30.0 Å². The maximum Gasteiger partial charge on any atom is 0.242 e. The Balaban J connectivity index is 2.12. The molecule has 0 aromatic heterocycles. The fourth-order valence-electron chi connectivity index (χ4n) is 3.47. The molecule has 2 aromatic carbocycles. The van der Waals surface area contributed by atoms with Gasteiger partial charge in [-0.3, -0.25) is 4.90 Å². The van der Waals surface area contributed by atoms with Gasteiger partial charge in [-0.2, -0.15) is 4.31 Å². The highest BCUT2D eigenvalue weighted by molar-refractivity contribution is 7.89. The molecule has 0 aliphatic heterocycles. The van der Waals surface area contributed by atoms with Crippen molar-refractivity contribution in [2.75, 3.05) is 33.9 Å². The Morgan fingerprint density at radius 2 is 1.72 bits per heavy atom. The Kier molecular flexibility index (Phi) is 10.1. The van der Waals surface area contributed by atoms with Crippen LogP contribution in [0, 0.1) is 11.7 Å². The molecule has 0 saturated carbocycles. The number of rotatable bonds is 12. The minimum absolute atomic E-state index is 0.0202. The number of aliphatic hydroxyl groups excluding tert-OH is 1. The number of aliphatic hydroxyl groups is 1. The number of nitrogens with zero attached hydrogens (tertiary/aromatic N) is 2. The summed E-state index contributed by atoms with van der Waals surface area (Å²) in [7, 11) is -0.752. The zero-order chi connectivity index (χ0) is 23.9. The van der Waals surface area contributed by atoms with Crippen LogP contribution in [0.4, 0.5) is 4.39 Å². The van der Waals surface area contributed by atoms with Gasteiger partial charge >= 0.3 is 0 Å². The van der Waals surface area contributed by atoms with Crippen LogP contribution in [0.15, 0.2) is 53.4 Å². The van der Waals surface area contributed by atoms with Gasteiger partial charge < -0.3 is 9.84 Å². The van der Waals surface area contributed by atoms with Crippen molar-refractivity contribution in [2.45, 2.75) is 37.4 Å². The Labute approximate surface area is 195 Å². The van der Waals surface area contributed by atoms with Crippen molar-refractivity contribution in [1.82, 2.24) is 9.21 Å². The number of halogens is 2. The summed E-state index contributed by atoms with van der Waals surface area (Å²) in [6.07, 6.45) is -0.394. The summed E-state index contributed by atoms with van der Waals surface area (Å²) < 4.78 is 45.8. The highest BCUT2D eigenvalue weighted by Crippen LogP contribution is 2.22. The van der Waals surface area contributed by atoms with E-state index in [2.05, 4.69) is 4.90 Å². The van der Waals surface area contributed by atoms with Crippen LogP contribution in [-0.2, 0) is 21.3 Å². The largest absolute Gasteiger partial charge is 0.395 e. The van der Waals surface area contributed by atoms with E-state index in [1.807, 2.05) is 38.1 Å².